The summed E-state index contributed by atoms with van der Waals surface area (Å²) >= 11 is 0. The third-order valence-electron chi connectivity index (χ3n) is 9.32. The van der Waals surface area contributed by atoms with Crippen LogP contribution in [0.2, 0.25) is 0 Å². The van der Waals surface area contributed by atoms with Gasteiger partial charge in [0, 0.05) is 25.7 Å². The highest BCUT2D eigenvalue weighted by Crippen LogP contribution is 2.32. The number of likely N-dealkylation sites (N-methyl/N-ethyl adjacent to an activating group) is 3. The van der Waals surface area contributed by atoms with Crippen LogP contribution < -0.4 is 18.9 Å². The Kier molecular flexibility index (Phi) is 16.2. The summed E-state index contributed by atoms with van der Waals surface area (Å²) < 4.78 is 22.3. The number of rotatable bonds is 22. The minimum atomic E-state index is 0.530. The SMILES string of the molecule is COc1cccc(CCN(C)CCCC(C(C)CCN(C)CCc2cccc(OC)c2OC)N(C)CCc2ccccc2)c1OC. The normalized spacial score (nSPS) is 12.8. The van der Waals surface area contributed by atoms with Crippen LogP contribution in [0.1, 0.15) is 42.9 Å². The van der Waals surface area contributed by atoms with Gasteiger partial charge in [0.25, 0.3) is 0 Å². The third kappa shape index (κ3) is 11.5. The smallest absolute Gasteiger partial charge is 0.163 e. The van der Waals surface area contributed by atoms with Gasteiger partial charge >= 0.3 is 0 Å². The maximum atomic E-state index is 5.66. The minimum absolute atomic E-state index is 0.530. The lowest BCUT2D eigenvalue weighted by Gasteiger charge is -2.34. The first kappa shape index (κ1) is 37.2. The van der Waals surface area contributed by atoms with Gasteiger partial charge in [-0.15, -0.1) is 0 Å². The van der Waals surface area contributed by atoms with Crippen molar-refractivity contribution in [1.82, 2.24) is 14.7 Å². The monoisotopic (exact) mass is 633 g/mol. The zero-order valence-corrected chi connectivity index (χ0v) is 29.8. The maximum Gasteiger partial charge on any atom is 0.163 e. The van der Waals surface area contributed by atoms with Crippen molar-refractivity contribution in [3.05, 3.63) is 83.4 Å². The van der Waals surface area contributed by atoms with Crippen LogP contribution in [0.15, 0.2) is 66.7 Å². The molecule has 3 rings (SSSR count). The van der Waals surface area contributed by atoms with Gasteiger partial charge in [-0.2, -0.15) is 0 Å². The number of nitrogens with zero attached hydrogens (tertiary/aromatic N) is 3. The highest BCUT2D eigenvalue weighted by atomic mass is 16.5. The first-order valence-corrected chi connectivity index (χ1v) is 16.8. The quantitative estimate of drug-likeness (QED) is 0.122. The van der Waals surface area contributed by atoms with Crippen molar-refractivity contribution in [3.63, 3.8) is 0 Å². The van der Waals surface area contributed by atoms with E-state index in [0.29, 0.717) is 12.0 Å². The molecule has 0 amide bonds. The standard InChI is InChI=1S/C39H59N3O4/c1-31(22-27-41(3)29-25-34-18-13-21-37(44-6)39(34)46-8)35(42(4)30-23-32-15-10-9-11-16-32)19-14-26-40(2)28-24-33-17-12-20-36(43-5)38(33)45-7/h9-13,15-18,20-21,31,35H,14,19,22-30H2,1-8H3. The number of ether oxygens (including phenoxy) is 4. The molecule has 0 aliphatic carbocycles. The molecule has 0 aromatic heterocycles. The lowest BCUT2D eigenvalue weighted by Crippen LogP contribution is -2.40. The van der Waals surface area contributed by atoms with Crippen LogP contribution in [0.3, 0.4) is 0 Å². The van der Waals surface area contributed by atoms with E-state index in [4.69, 9.17) is 18.9 Å². The van der Waals surface area contributed by atoms with E-state index in [9.17, 15) is 0 Å². The zero-order valence-electron chi connectivity index (χ0n) is 29.8. The molecule has 0 bridgehead atoms. The van der Waals surface area contributed by atoms with Gasteiger partial charge in [-0.05, 0) is 107 Å². The molecule has 0 aliphatic rings. The Hall–Kier alpha value is -3.26. The van der Waals surface area contributed by atoms with Gasteiger partial charge in [0.1, 0.15) is 0 Å². The Morgan fingerprint density at radius 3 is 1.61 bits per heavy atom. The molecule has 254 valence electrons. The molecule has 0 heterocycles. The molecular formula is C39H59N3O4. The fourth-order valence-electron chi connectivity index (χ4n) is 6.39. The van der Waals surface area contributed by atoms with Crippen LogP contribution in [-0.4, -0.2) is 103 Å². The summed E-state index contributed by atoms with van der Waals surface area (Å²) in [7, 11) is 13.6. The van der Waals surface area contributed by atoms with Gasteiger partial charge in [-0.25, -0.2) is 0 Å². The molecule has 0 saturated heterocycles. The average Bonchev–Trinajstić information content (AvgIpc) is 3.09. The fourth-order valence-corrected chi connectivity index (χ4v) is 6.39. The Bertz CT molecular complexity index is 1270. The predicted molar refractivity (Wildman–Crippen MR) is 191 cm³/mol. The summed E-state index contributed by atoms with van der Waals surface area (Å²) in [5, 5.41) is 0. The van der Waals surface area contributed by atoms with E-state index in [-0.39, 0.29) is 0 Å². The van der Waals surface area contributed by atoms with E-state index in [2.05, 4.69) is 85.2 Å². The molecule has 0 spiro atoms. The zero-order chi connectivity index (χ0) is 33.3. The first-order valence-electron chi connectivity index (χ1n) is 16.8. The topological polar surface area (TPSA) is 46.6 Å². The van der Waals surface area contributed by atoms with E-state index in [0.717, 1.165) is 81.4 Å². The van der Waals surface area contributed by atoms with Crippen LogP contribution in [0.25, 0.3) is 0 Å². The number of benzene rings is 3. The van der Waals surface area contributed by atoms with Crippen molar-refractivity contribution in [1.29, 1.82) is 0 Å². The lowest BCUT2D eigenvalue weighted by molar-refractivity contribution is 0.151. The van der Waals surface area contributed by atoms with Crippen LogP contribution in [0.5, 0.6) is 23.0 Å². The largest absolute Gasteiger partial charge is 0.493 e. The second-order valence-electron chi connectivity index (χ2n) is 12.6. The molecule has 3 aromatic rings. The molecule has 7 nitrogen and oxygen atoms in total. The molecule has 0 saturated carbocycles. The lowest BCUT2D eigenvalue weighted by atomic mass is 9.92. The van der Waals surface area contributed by atoms with Gasteiger partial charge in [0.15, 0.2) is 23.0 Å². The van der Waals surface area contributed by atoms with E-state index < -0.39 is 0 Å². The van der Waals surface area contributed by atoms with Crippen LogP contribution in [0, 0.1) is 5.92 Å². The second-order valence-corrected chi connectivity index (χ2v) is 12.6. The predicted octanol–water partition coefficient (Wildman–Crippen LogP) is 6.72. The summed E-state index contributed by atoms with van der Waals surface area (Å²) in [6.07, 6.45) is 6.45. The van der Waals surface area contributed by atoms with E-state index in [1.54, 1.807) is 28.4 Å². The van der Waals surface area contributed by atoms with Gasteiger partial charge in [-0.3, -0.25) is 0 Å². The van der Waals surface area contributed by atoms with Gasteiger partial charge < -0.3 is 33.6 Å². The summed E-state index contributed by atoms with van der Waals surface area (Å²) in [5.41, 5.74) is 3.78. The molecule has 0 N–H and O–H groups in total. The molecule has 2 atom stereocenters. The number of para-hydroxylation sites is 2. The van der Waals surface area contributed by atoms with E-state index >= 15 is 0 Å². The molecule has 2 unspecified atom stereocenters. The summed E-state index contributed by atoms with van der Waals surface area (Å²) in [6, 6.07) is 23.7. The van der Waals surface area contributed by atoms with Crippen molar-refractivity contribution in [2.24, 2.45) is 5.92 Å². The van der Waals surface area contributed by atoms with Crippen molar-refractivity contribution < 1.29 is 18.9 Å². The van der Waals surface area contributed by atoms with Gasteiger partial charge in [0.05, 0.1) is 28.4 Å². The minimum Gasteiger partial charge on any atom is -0.493 e. The van der Waals surface area contributed by atoms with Gasteiger partial charge in [0.2, 0.25) is 0 Å². The average molecular weight is 634 g/mol. The maximum absolute atomic E-state index is 5.66. The van der Waals surface area contributed by atoms with Crippen LogP contribution >= 0.6 is 0 Å². The molecule has 3 aromatic carbocycles. The van der Waals surface area contributed by atoms with Crippen molar-refractivity contribution in [2.45, 2.75) is 51.5 Å². The van der Waals surface area contributed by atoms with Crippen molar-refractivity contribution in [3.8, 4) is 23.0 Å². The molecule has 0 aliphatic heterocycles. The molecule has 46 heavy (non-hydrogen) atoms. The second kappa shape index (κ2) is 20.1. The Morgan fingerprint density at radius 2 is 1.09 bits per heavy atom. The molecular weight excluding hydrogens is 574 g/mol. The highest BCUT2D eigenvalue weighted by Gasteiger charge is 2.22. The summed E-state index contributed by atoms with van der Waals surface area (Å²) in [6.45, 7) is 7.62. The number of hydrogen-bond donors (Lipinski definition) is 0. The van der Waals surface area contributed by atoms with E-state index in [1.165, 1.54) is 29.5 Å². The van der Waals surface area contributed by atoms with Crippen LogP contribution in [0.4, 0.5) is 0 Å². The Labute approximate surface area is 279 Å². The molecule has 0 fully saturated rings. The Balaban J connectivity index is 1.54. The first-order chi connectivity index (χ1) is 22.3. The van der Waals surface area contributed by atoms with Crippen molar-refractivity contribution >= 4 is 0 Å². The van der Waals surface area contributed by atoms with E-state index in [1.807, 2.05) is 24.3 Å². The molecule has 0 radical (unpaired) electrons. The van der Waals surface area contributed by atoms with Gasteiger partial charge in [-0.1, -0.05) is 61.5 Å². The molecule has 7 heteroatoms. The number of methoxy groups -OCH3 is 4. The number of hydrogen-bond acceptors (Lipinski definition) is 7. The Morgan fingerprint density at radius 1 is 0.543 bits per heavy atom. The van der Waals surface area contributed by atoms with Crippen molar-refractivity contribution in [2.75, 3.05) is 82.3 Å². The third-order valence-corrected chi connectivity index (χ3v) is 9.32. The van der Waals surface area contributed by atoms with Crippen LogP contribution in [-0.2, 0) is 19.3 Å². The highest BCUT2D eigenvalue weighted by molar-refractivity contribution is 5.47. The summed E-state index contributed by atoms with van der Waals surface area (Å²) in [5.74, 6) is 3.87. The summed E-state index contributed by atoms with van der Waals surface area (Å²) in [4.78, 5) is 7.52. The fraction of sp³-hybridized carbons (Fsp3) is 0.538.